The van der Waals surface area contributed by atoms with E-state index in [0.717, 1.165) is 38.5 Å². The van der Waals surface area contributed by atoms with E-state index in [2.05, 4.69) is 81.2 Å². The summed E-state index contributed by atoms with van der Waals surface area (Å²) in [5.74, 6) is 0. The van der Waals surface area contributed by atoms with Crippen LogP contribution in [-0.4, -0.2) is 9.13 Å². The van der Waals surface area contributed by atoms with E-state index in [1.807, 2.05) is 34.9 Å². The first kappa shape index (κ1) is 15.1. The summed E-state index contributed by atoms with van der Waals surface area (Å²) in [4.78, 5) is 0. The zero-order valence-corrected chi connectivity index (χ0v) is 19.0. The van der Waals surface area contributed by atoms with Crippen molar-refractivity contribution in [1.82, 2.24) is 9.13 Å². The monoisotopic (exact) mass is 490 g/mol. The van der Waals surface area contributed by atoms with Crippen LogP contribution in [0.1, 0.15) is 5.48 Å². The van der Waals surface area contributed by atoms with Crippen LogP contribution in [0.15, 0.2) is 120 Å². The Kier molecular flexibility index (Phi) is 3.24. The van der Waals surface area contributed by atoms with Crippen molar-refractivity contribution in [3.63, 3.8) is 0 Å². The molecule has 0 fully saturated rings. The SMILES string of the molecule is [2H]c1c([2H])c(Br)c([2H])c(-n2c3ccccc3c3cc(-n4c5ccccc5c5ccccc54)ccc32)c1[2H]. The van der Waals surface area contributed by atoms with E-state index in [1.54, 1.807) is 0 Å². The van der Waals surface area contributed by atoms with Crippen LogP contribution >= 0.6 is 15.9 Å². The molecule has 0 unspecified atom stereocenters. The van der Waals surface area contributed by atoms with Gasteiger partial charge in [0.2, 0.25) is 0 Å². The maximum Gasteiger partial charge on any atom is 0.0657 e. The summed E-state index contributed by atoms with van der Waals surface area (Å²) in [7, 11) is 0. The number of rotatable bonds is 2. The average Bonchev–Trinajstić information content (AvgIpc) is 3.44. The molecule has 33 heavy (non-hydrogen) atoms. The molecule has 0 aliphatic rings. The Bertz CT molecular complexity index is 1970. The molecule has 2 aromatic heterocycles. The van der Waals surface area contributed by atoms with E-state index >= 15 is 0 Å². The Hall–Kier alpha value is -3.82. The Labute approximate surface area is 205 Å². The number of halogens is 1. The quantitative estimate of drug-likeness (QED) is 0.229. The minimum Gasteiger partial charge on any atom is -0.309 e. The summed E-state index contributed by atoms with van der Waals surface area (Å²) in [5, 5.41) is 4.38. The lowest BCUT2D eigenvalue weighted by molar-refractivity contribution is 1.16. The molecule has 156 valence electrons. The van der Waals surface area contributed by atoms with Gasteiger partial charge in [0.15, 0.2) is 0 Å². The summed E-state index contributed by atoms with van der Waals surface area (Å²) in [5.41, 5.74) is 5.27. The van der Waals surface area contributed by atoms with Gasteiger partial charge in [0, 0.05) is 37.4 Å². The number of benzene rings is 5. The minimum atomic E-state index is -0.203. The molecule has 0 saturated heterocycles. The second-order valence-corrected chi connectivity index (χ2v) is 8.88. The number of hydrogen-bond acceptors (Lipinski definition) is 0. The van der Waals surface area contributed by atoms with E-state index in [4.69, 9.17) is 5.48 Å². The molecular weight excluding hydrogens is 468 g/mol. The minimum absolute atomic E-state index is 0.0279. The molecular formula is C30H19BrN2. The van der Waals surface area contributed by atoms with Crippen molar-refractivity contribution < 1.29 is 5.48 Å². The number of para-hydroxylation sites is 3. The normalized spacial score (nSPS) is 13.5. The number of nitrogens with zero attached hydrogens (tertiary/aromatic N) is 2. The van der Waals surface area contributed by atoms with E-state index < -0.39 is 0 Å². The molecule has 0 aliphatic heterocycles. The van der Waals surface area contributed by atoms with E-state index in [0.29, 0.717) is 5.69 Å². The van der Waals surface area contributed by atoms with E-state index in [-0.39, 0.29) is 28.6 Å². The largest absolute Gasteiger partial charge is 0.309 e. The van der Waals surface area contributed by atoms with Crippen LogP contribution in [0.25, 0.3) is 55.0 Å². The Morgan fingerprint density at radius 3 is 1.70 bits per heavy atom. The fraction of sp³-hybridized carbons (Fsp3) is 0. The highest BCUT2D eigenvalue weighted by Gasteiger charge is 2.16. The van der Waals surface area contributed by atoms with Crippen molar-refractivity contribution in [3.05, 3.63) is 120 Å². The van der Waals surface area contributed by atoms with E-state index in [1.165, 1.54) is 10.8 Å². The lowest BCUT2D eigenvalue weighted by atomic mass is 10.1. The van der Waals surface area contributed by atoms with Gasteiger partial charge < -0.3 is 9.13 Å². The molecule has 0 atom stereocenters. The molecule has 0 aliphatic carbocycles. The first-order chi connectivity index (χ1) is 18.0. The third kappa shape index (κ3) is 2.73. The van der Waals surface area contributed by atoms with Crippen molar-refractivity contribution in [2.24, 2.45) is 0 Å². The van der Waals surface area contributed by atoms with Crippen LogP contribution in [-0.2, 0) is 0 Å². The molecule has 7 aromatic rings. The van der Waals surface area contributed by atoms with Crippen molar-refractivity contribution >= 4 is 59.5 Å². The predicted molar refractivity (Wildman–Crippen MR) is 143 cm³/mol. The van der Waals surface area contributed by atoms with Crippen LogP contribution in [0.4, 0.5) is 0 Å². The lowest BCUT2D eigenvalue weighted by Gasteiger charge is -2.10. The third-order valence-corrected chi connectivity index (χ3v) is 6.70. The van der Waals surface area contributed by atoms with Crippen LogP contribution < -0.4 is 0 Å². The van der Waals surface area contributed by atoms with Crippen LogP contribution in [0, 0.1) is 0 Å². The standard InChI is InChI=1S/C30H19BrN2/c31-20-8-7-9-21(18-20)32-29-15-6-3-12-25(29)26-19-22(16-17-30(26)32)33-27-13-4-1-10-23(27)24-11-2-5-14-28(24)33/h1-19H/i7D,8D,9D,18D. The van der Waals surface area contributed by atoms with Gasteiger partial charge in [-0.1, -0.05) is 76.6 Å². The fourth-order valence-electron chi connectivity index (χ4n) is 4.97. The summed E-state index contributed by atoms with van der Waals surface area (Å²) in [6.45, 7) is 0. The summed E-state index contributed by atoms with van der Waals surface area (Å²) in [6.07, 6.45) is 0. The third-order valence-electron chi connectivity index (χ3n) is 6.30. The van der Waals surface area contributed by atoms with Gasteiger partial charge in [-0.15, -0.1) is 0 Å². The highest BCUT2D eigenvalue weighted by molar-refractivity contribution is 9.10. The highest BCUT2D eigenvalue weighted by atomic mass is 79.9. The molecule has 7 rings (SSSR count). The maximum absolute atomic E-state index is 8.74. The van der Waals surface area contributed by atoms with Crippen LogP contribution in [0.3, 0.4) is 0 Å². The summed E-state index contributed by atoms with van der Waals surface area (Å²) >= 11 is 3.32. The molecule has 0 amide bonds. The molecule has 5 aromatic carbocycles. The summed E-state index contributed by atoms with van der Waals surface area (Å²) < 4.78 is 38.2. The van der Waals surface area contributed by atoms with Gasteiger partial charge in [-0.05, 0) is 54.5 Å². The molecule has 0 N–H and O–H groups in total. The number of fused-ring (bicyclic) bond motifs is 6. The fourth-order valence-corrected chi connectivity index (χ4v) is 5.25. The van der Waals surface area contributed by atoms with Crippen LogP contribution in [0.2, 0.25) is 0 Å². The Balaban J connectivity index is 1.60. The average molecular weight is 491 g/mol. The second kappa shape index (κ2) is 7.09. The smallest absolute Gasteiger partial charge is 0.0657 e. The predicted octanol–water partition coefficient (Wildman–Crippen LogP) is 8.64. The van der Waals surface area contributed by atoms with Gasteiger partial charge in [-0.25, -0.2) is 0 Å². The first-order valence-corrected chi connectivity index (χ1v) is 11.5. The van der Waals surface area contributed by atoms with Crippen molar-refractivity contribution in [1.29, 1.82) is 0 Å². The molecule has 0 radical (unpaired) electrons. The lowest BCUT2D eigenvalue weighted by Crippen LogP contribution is -1.95. The molecule has 3 heteroatoms. The van der Waals surface area contributed by atoms with Crippen molar-refractivity contribution in [2.75, 3.05) is 0 Å². The van der Waals surface area contributed by atoms with Gasteiger partial charge in [0.05, 0.1) is 27.5 Å². The zero-order chi connectivity index (χ0) is 25.4. The van der Waals surface area contributed by atoms with Gasteiger partial charge in [0.25, 0.3) is 0 Å². The van der Waals surface area contributed by atoms with Gasteiger partial charge in [0.1, 0.15) is 0 Å². The number of hydrogen-bond donors (Lipinski definition) is 0. The summed E-state index contributed by atoms with van der Waals surface area (Å²) in [6, 6.07) is 30.6. The Morgan fingerprint density at radius 2 is 1.06 bits per heavy atom. The van der Waals surface area contributed by atoms with Crippen molar-refractivity contribution in [2.45, 2.75) is 0 Å². The zero-order valence-electron chi connectivity index (χ0n) is 21.4. The molecule has 0 bridgehead atoms. The number of aromatic nitrogens is 2. The van der Waals surface area contributed by atoms with Gasteiger partial charge >= 0.3 is 0 Å². The van der Waals surface area contributed by atoms with Crippen LogP contribution in [0.5, 0.6) is 0 Å². The first-order valence-electron chi connectivity index (χ1n) is 12.8. The topological polar surface area (TPSA) is 9.86 Å². The molecule has 2 heterocycles. The highest BCUT2D eigenvalue weighted by Crippen LogP contribution is 2.36. The maximum atomic E-state index is 8.74. The van der Waals surface area contributed by atoms with Gasteiger partial charge in [-0.3, -0.25) is 0 Å². The van der Waals surface area contributed by atoms with E-state index in [9.17, 15) is 0 Å². The Morgan fingerprint density at radius 1 is 0.545 bits per heavy atom. The molecule has 2 nitrogen and oxygen atoms in total. The molecule has 0 saturated carbocycles. The van der Waals surface area contributed by atoms with Crippen molar-refractivity contribution in [3.8, 4) is 11.4 Å². The van der Waals surface area contributed by atoms with Gasteiger partial charge in [-0.2, -0.15) is 0 Å². The molecule has 0 spiro atoms. The second-order valence-electron chi connectivity index (χ2n) is 8.09.